The molecule has 6 nitrogen and oxygen atoms in total. The Labute approximate surface area is 153 Å². The summed E-state index contributed by atoms with van der Waals surface area (Å²) in [4.78, 5) is 23.6. The van der Waals surface area contributed by atoms with Crippen molar-refractivity contribution in [2.45, 2.75) is 38.4 Å². The highest BCUT2D eigenvalue weighted by molar-refractivity contribution is 5.25. The first-order chi connectivity index (χ1) is 12.7. The molecule has 0 aromatic heterocycles. The van der Waals surface area contributed by atoms with E-state index in [2.05, 4.69) is 10.6 Å². The van der Waals surface area contributed by atoms with Gasteiger partial charge in [0.2, 0.25) is 0 Å². The van der Waals surface area contributed by atoms with Crippen molar-refractivity contribution >= 4 is 0 Å². The summed E-state index contributed by atoms with van der Waals surface area (Å²) in [6.07, 6.45) is 0.605. The third-order valence-corrected chi connectivity index (χ3v) is 5.11. The van der Waals surface area contributed by atoms with Gasteiger partial charge in [0.05, 0.1) is 28.7 Å². The maximum atomic E-state index is 12.0. The Hall–Kier alpha value is -2.76. The van der Waals surface area contributed by atoms with E-state index in [0.717, 1.165) is 11.1 Å². The van der Waals surface area contributed by atoms with Crippen LogP contribution in [0.1, 0.15) is 43.5 Å². The lowest BCUT2D eigenvalue weighted by atomic mass is 9.89. The summed E-state index contributed by atoms with van der Waals surface area (Å²) in [6, 6.07) is 18.9. The number of hydrogen-bond acceptors (Lipinski definition) is 4. The zero-order valence-electron chi connectivity index (χ0n) is 15.1. The Morgan fingerprint density at radius 2 is 1.46 bits per heavy atom. The van der Waals surface area contributed by atoms with E-state index in [-0.39, 0.29) is 24.0 Å². The second kappa shape index (κ2) is 8.08. The highest BCUT2D eigenvalue weighted by Crippen LogP contribution is 2.42. The lowest BCUT2D eigenvalue weighted by molar-refractivity contribution is 0.0627. The zero-order chi connectivity index (χ0) is 18.5. The van der Waals surface area contributed by atoms with Crippen molar-refractivity contribution in [3.8, 4) is 0 Å². The van der Waals surface area contributed by atoms with Gasteiger partial charge in [-0.3, -0.25) is 5.01 Å². The van der Waals surface area contributed by atoms with Gasteiger partial charge in [-0.05, 0) is 23.5 Å². The van der Waals surface area contributed by atoms with Gasteiger partial charge in [-0.25, -0.2) is 5.01 Å². The van der Waals surface area contributed by atoms with Crippen LogP contribution in [0.15, 0.2) is 71.2 Å². The van der Waals surface area contributed by atoms with Crippen molar-refractivity contribution in [1.29, 1.82) is 0 Å². The highest BCUT2D eigenvalue weighted by Gasteiger charge is 2.42. The summed E-state index contributed by atoms with van der Waals surface area (Å²) >= 11 is 0. The molecule has 0 unspecified atom stereocenters. The van der Waals surface area contributed by atoms with Crippen LogP contribution < -0.4 is 0 Å². The molecule has 0 radical (unpaired) electrons. The lowest BCUT2D eigenvalue weighted by Gasteiger charge is -2.38. The highest BCUT2D eigenvalue weighted by atomic mass is 16.3. The quantitative estimate of drug-likeness (QED) is 0.721. The predicted molar refractivity (Wildman–Crippen MR) is 102 cm³/mol. The molecule has 1 aliphatic rings. The van der Waals surface area contributed by atoms with Crippen LogP contribution in [0.3, 0.4) is 0 Å². The third kappa shape index (κ3) is 3.45. The van der Waals surface area contributed by atoms with Gasteiger partial charge in [0.25, 0.3) is 0 Å². The Morgan fingerprint density at radius 3 is 1.96 bits per heavy atom. The maximum Gasteiger partial charge on any atom is 0.0982 e. The molecule has 26 heavy (non-hydrogen) atoms. The third-order valence-electron chi connectivity index (χ3n) is 5.11. The molecule has 6 heteroatoms. The average molecular weight is 352 g/mol. The van der Waals surface area contributed by atoms with Gasteiger partial charge in [0.1, 0.15) is 0 Å². The number of benzene rings is 2. The van der Waals surface area contributed by atoms with Crippen LogP contribution in [0.25, 0.3) is 0 Å². The van der Waals surface area contributed by atoms with E-state index in [1.54, 1.807) is 10.0 Å². The van der Waals surface area contributed by atoms with Crippen LogP contribution in [0.4, 0.5) is 0 Å². The van der Waals surface area contributed by atoms with E-state index in [1.807, 2.05) is 74.5 Å². The summed E-state index contributed by atoms with van der Waals surface area (Å²) in [5.74, 6) is 0.122. The van der Waals surface area contributed by atoms with Crippen LogP contribution in [-0.4, -0.2) is 22.6 Å². The minimum atomic E-state index is -0.348. The Balaban J connectivity index is 2.13. The monoisotopic (exact) mass is 352 g/mol. The largest absolute Gasteiger partial charge is 0.255 e. The molecule has 2 aromatic rings. The molecule has 136 valence electrons. The van der Waals surface area contributed by atoms with Crippen LogP contribution in [0.5, 0.6) is 0 Å². The van der Waals surface area contributed by atoms with Gasteiger partial charge in [0.15, 0.2) is 0 Å². The molecular formula is C20H24N4O2. The molecule has 0 N–H and O–H groups in total. The second-order valence-corrected chi connectivity index (χ2v) is 7.01. The molecule has 0 saturated carbocycles. The van der Waals surface area contributed by atoms with Crippen LogP contribution in [0, 0.1) is 15.7 Å². The number of nitroso groups, excluding NO2 is 2. The van der Waals surface area contributed by atoms with Gasteiger partial charge in [-0.15, -0.1) is 9.81 Å². The molecule has 3 atom stereocenters. The SMILES string of the molecule is CC(C)[C@H]1[C@@H](c2ccccc2)N(N=O)[C@H](c2ccccc2)CCN1N=O. The van der Waals surface area contributed by atoms with Crippen LogP contribution in [-0.2, 0) is 0 Å². The van der Waals surface area contributed by atoms with Crippen molar-refractivity contribution in [3.63, 3.8) is 0 Å². The molecular weight excluding hydrogens is 328 g/mol. The van der Waals surface area contributed by atoms with Crippen molar-refractivity contribution in [1.82, 2.24) is 10.0 Å². The van der Waals surface area contributed by atoms with E-state index in [1.165, 1.54) is 0 Å². The van der Waals surface area contributed by atoms with Crippen molar-refractivity contribution in [2.75, 3.05) is 6.54 Å². The van der Waals surface area contributed by atoms with Gasteiger partial charge >= 0.3 is 0 Å². The van der Waals surface area contributed by atoms with Crippen molar-refractivity contribution < 1.29 is 0 Å². The number of nitrogens with zero attached hydrogens (tertiary/aromatic N) is 4. The van der Waals surface area contributed by atoms with E-state index in [9.17, 15) is 9.81 Å². The molecule has 1 heterocycles. The van der Waals surface area contributed by atoms with Crippen LogP contribution in [0.2, 0.25) is 0 Å². The Kier molecular flexibility index (Phi) is 5.61. The molecule has 1 aliphatic heterocycles. The first kappa shape index (κ1) is 18.0. The molecule has 2 aromatic carbocycles. The van der Waals surface area contributed by atoms with Crippen molar-refractivity contribution in [3.05, 3.63) is 81.6 Å². The fraction of sp³-hybridized carbons (Fsp3) is 0.400. The molecule has 0 amide bonds. The molecule has 0 spiro atoms. The van der Waals surface area contributed by atoms with Gasteiger partial charge in [0, 0.05) is 6.54 Å². The average Bonchev–Trinajstić information content (AvgIpc) is 2.85. The molecule has 1 fully saturated rings. The summed E-state index contributed by atoms with van der Waals surface area (Å²) < 4.78 is 0. The maximum absolute atomic E-state index is 12.0. The zero-order valence-corrected chi connectivity index (χ0v) is 15.1. The first-order valence-electron chi connectivity index (χ1n) is 8.98. The van der Waals surface area contributed by atoms with Gasteiger partial charge < -0.3 is 0 Å². The topological polar surface area (TPSA) is 65.3 Å². The van der Waals surface area contributed by atoms with Gasteiger partial charge in [-0.1, -0.05) is 74.5 Å². The fourth-order valence-corrected chi connectivity index (χ4v) is 3.96. The normalized spacial score (nSPS) is 23.6. The minimum absolute atomic E-state index is 0.122. The van der Waals surface area contributed by atoms with Crippen molar-refractivity contribution in [2.24, 2.45) is 16.5 Å². The summed E-state index contributed by atoms with van der Waals surface area (Å²) in [7, 11) is 0. The second-order valence-electron chi connectivity index (χ2n) is 7.01. The summed E-state index contributed by atoms with van der Waals surface area (Å²) in [6.45, 7) is 4.58. The smallest absolute Gasteiger partial charge is 0.0982 e. The number of hydrogen-bond donors (Lipinski definition) is 0. The summed E-state index contributed by atoms with van der Waals surface area (Å²) in [5, 5.41) is 9.95. The van der Waals surface area contributed by atoms with E-state index in [4.69, 9.17) is 0 Å². The van der Waals surface area contributed by atoms with Gasteiger partial charge in [-0.2, -0.15) is 0 Å². The molecule has 0 bridgehead atoms. The lowest BCUT2D eigenvalue weighted by Crippen LogP contribution is -2.43. The van der Waals surface area contributed by atoms with E-state index in [0.29, 0.717) is 13.0 Å². The molecule has 1 saturated heterocycles. The summed E-state index contributed by atoms with van der Waals surface area (Å²) in [5.41, 5.74) is 1.98. The Bertz CT molecular complexity index is 723. The van der Waals surface area contributed by atoms with Crippen LogP contribution >= 0.6 is 0 Å². The molecule has 0 aliphatic carbocycles. The first-order valence-corrected chi connectivity index (χ1v) is 8.98. The molecule has 3 rings (SSSR count). The standard InChI is InChI=1S/C20H24N4O2/c1-15(2)19-20(17-11-7-4-8-12-17)24(22-26)18(13-14-23(19)21-25)16-9-5-3-6-10-16/h3-12,15,18-20H,13-14H2,1-2H3/t18-,19-,20+/m0/s1. The van der Waals surface area contributed by atoms with E-state index < -0.39 is 0 Å². The minimum Gasteiger partial charge on any atom is -0.255 e. The Morgan fingerprint density at radius 1 is 0.885 bits per heavy atom. The number of rotatable bonds is 5. The fourth-order valence-electron chi connectivity index (χ4n) is 3.96. The van der Waals surface area contributed by atoms with E-state index >= 15 is 0 Å². The predicted octanol–water partition coefficient (Wildman–Crippen LogP) is 4.86.